The number of hydrogen-bond acceptors (Lipinski definition) is 4. The van der Waals surface area contributed by atoms with Gasteiger partial charge in [0.05, 0.1) is 0 Å². The van der Waals surface area contributed by atoms with E-state index < -0.39 is 0 Å². The highest BCUT2D eigenvalue weighted by molar-refractivity contribution is 4.76. The highest BCUT2D eigenvalue weighted by Gasteiger charge is 2.20. The van der Waals surface area contributed by atoms with Gasteiger partial charge in [-0.2, -0.15) is 0 Å². The average Bonchev–Trinajstić information content (AvgIpc) is 2.46. The summed E-state index contributed by atoms with van der Waals surface area (Å²) in [5.74, 6) is 0.917. The van der Waals surface area contributed by atoms with E-state index in [4.69, 9.17) is 0 Å². The Labute approximate surface area is 119 Å². The zero-order valence-electron chi connectivity index (χ0n) is 12.9. The lowest BCUT2D eigenvalue weighted by atomic mass is 9.97. The van der Waals surface area contributed by atoms with E-state index in [9.17, 15) is 0 Å². The fraction of sp³-hybridized carbons (Fsp3) is 1.00. The van der Waals surface area contributed by atoms with Crippen LogP contribution in [0.1, 0.15) is 19.8 Å². The maximum absolute atomic E-state index is 3.49. The Bertz CT molecular complexity index is 230. The smallest absolute Gasteiger partial charge is 0.0110 e. The molecule has 0 aliphatic carbocycles. The second kappa shape index (κ2) is 8.20. The number of nitrogens with one attached hydrogen (secondary N) is 1. The largest absolute Gasteiger partial charge is 0.317 e. The van der Waals surface area contributed by atoms with Gasteiger partial charge in [-0.15, -0.1) is 0 Å². The Balaban J connectivity index is 1.55. The van der Waals surface area contributed by atoms with Crippen LogP contribution in [-0.4, -0.2) is 87.2 Å². The molecule has 2 aliphatic heterocycles. The van der Waals surface area contributed by atoms with Crippen LogP contribution in [0.4, 0.5) is 0 Å². The molecule has 2 aliphatic rings. The van der Waals surface area contributed by atoms with Gasteiger partial charge in [-0.3, -0.25) is 4.90 Å². The van der Waals surface area contributed by atoms with Crippen molar-refractivity contribution in [1.29, 1.82) is 0 Å². The number of nitrogens with zero attached hydrogens (tertiary/aromatic N) is 3. The Hall–Kier alpha value is -0.160. The van der Waals surface area contributed by atoms with E-state index in [0.29, 0.717) is 0 Å². The van der Waals surface area contributed by atoms with Crippen molar-refractivity contribution in [1.82, 2.24) is 20.0 Å². The molecule has 0 radical (unpaired) electrons. The molecule has 0 aromatic carbocycles. The summed E-state index contributed by atoms with van der Waals surface area (Å²) in [5, 5.41) is 3.49. The van der Waals surface area contributed by atoms with E-state index in [-0.39, 0.29) is 0 Å². The van der Waals surface area contributed by atoms with Crippen molar-refractivity contribution < 1.29 is 0 Å². The van der Waals surface area contributed by atoms with E-state index in [2.05, 4.69) is 34.0 Å². The first-order valence-corrected chi connectivity index (χ1v) is 8.12. The lowest BCUT2D eigenvalue weighted by Crippen LogP contribution is -2.48. The van der Waals surface area contributed by atoms with Crippen LogP contribution in [0.15, 0.2) is 0 Å². The predicted octanol–water partition coefficient (Wildman–Crippen LogP) is 0.555. The molecule has 2 rings (SSSR count). The molecule has 4 nitrogen and oxygen atoms in total. The molecule has 0 saturated carbocycles. The average molecular weight is 268 g/mol. The lowest BCUT2D eigenvalue weighted by Gasteiger charge is -2.36. The number of rotatable bonds is 6. The number of piperazine rings is 1. The van der Waals surface area contributed by atoms with Gasteiger partial charge >= 0.3 is 0 Å². The summed E-state index contributed by atoms with van der Waals surface area (Å²) in [5.41, 5.74) is 0. The van der Waals surface area contributed by atoms with Gasteiger partial charge in [-0.05, 0) is 52.0 Å². The summed E-state index contributed by atoms with van der Waals surface area (Å²) >= 11 is 0. The minimum absolute atomic E-state index is 0.917. The quantitative estimate of drug-likeness (QED) is 0.760. The molecule has 19 heavy (non-hydrogen) atoms. The molecule has 0 atom stereocenters. The van der Waals surface area contributed by atoms with Gasteiger partial charge in [-0.25, -0.2) is 0 Å². The molecule has 0 bridgehead atoms. The van der Waals surface area contributed by atoms with Gasteiger partial charge in [0.15, 0.2) is 0 Å². The monoisotopic (exact) mass is 268 g/mol. The van der Waals surface area contributed by atoms with Gasteiger partial charge in [0, 0.05) is 39.3 Å². The first kappa shape index (κ1) is 15.2. The van der Waals surface area contributed by atoms with Crippen molar-refractivity contribution in [3.05, 3.63) is 0 Å². The molecule has 0 unspecified atom stereocenters. The molecule has 2 saturated heterocycles. The second-order valence-electron chi connectivity index (χ2n) is 6.24. The fourth-order valence-corrected chi connectivity index (χ4v) is 3.12. The molecule has 112 valence electrons. The van der Waals surface area contributed by atoms with Crippen molar-refractivity contribution >= 4 is 0 Å². The Morgan fingerprint density at radius 2 is 1.47 bits per heavy atom. The van der Waals surface area contributed by atoms with Crippen molar-refractivity contribution in [2.24, 2.45) is 5.92 Å². The van der Waals surface area contributed by atoms with E-state index >= 15 is 0 Å². The molecular weight excluding hydrogens is 236 g/mol. The van der Waals surface area contributed by atoms with E-state index in [0.717, 1.165) is 12.5 Å². The number of likely N-dealkylation sites (N-methyl/N-ethyl adjacent to an activating group) is 1. The summed E-state index contributed by atoms with van der Waals surface area (Å²) < 4.78 is 0. The van der Waals surface area contributed by atoms with Crippen LogP contribution in [0.25, 0.3) is 0 Å². The molecule has 0 spiro atoms. The topological polar surface area (TPSA) is 21.8 Å². The lowest BCUT2D eigenvalue weighted by molar-refractivity contribution is 0.119. The second-order valence-corrected chi connectivity index (χ2v) is 6.24. The first-order chi connectivity index (χ1) is 9.28. The van der Waals surface area contributed by atoms with Gasteiger partial charge < -0.3 is 15.1 Å². The summed E-state index contributed by atoms with van der Waals surface area (Å²) in [6.45, 7) is 14.7. The molecular formula is C15H32N4. The van der Waals surface area contributed by atoms with Crippen LogP contribution in [0.5, 0.6) is 0 Å². The molecule has 4 heteroatoms. The Kier molecular flexibility index (Phi) is 6.57. The SMILES string of the molecule is CCNCC1CCN(CCN2CCN(C)CC2)CC1. The molecule has 1 N–H and O–H groups in total. The maximum Gasteiger partial charge on any atom is 0.0110 e. The van der Waals surface area contributed by atoms with Crippen molar-refractivity contribution in [3.63, 3.8) is 0 Å². The van der Waals surface area contributed by atoms with Crippen molar-refractivity contribution in [3.8, 4) is 0 Å². The minimum atomic E-state index is 0.917. The molecule has 0 aromatic rings. The Morgan fingerprint density at radius 1 is 0.895 bits per heavy atom. The zero-order chi connectivity index (χ0) is 13.5. The highest BCUT2D eigenvalue weighted by Crippen LogP contribution is 2.16. The standard InChI is InChI=1S/C15H32N4/c1-3-16-14-15-4-6-18(7-5-15)12-13-19-10-8-17(2)9-11-19/h15-16H,3-14H2,1-2H3. The van der Waals surface area contributed by atoms with Gasteiger partial charge in [-0.1, -0.05) is 6.92 Å². The van der Waals surface area contributed by atoms with Crippen LogP contribution >= 0.6 is 0 Å². The predicted molar refractivity (Wildman–Crippen MR) is 81.6 cm³/mol. The van der Waals surface area contributed by atoms with Crippen LogP contribution in [0, 0.1) is 5.92 Å². The van der Waals surface area contributed by atoms with Gasteiger partial charge in [0.2, 0.25) is 0 Å². The van der Waals surface area contributed by atoms with Crippen molar-refractivity contribution in [2.75, 3.05) is 72.5 Å². The van der Waals surface area contributed by atoms with Gasteiger partial charge in [0.25, 0.3) is 0 Å². The summed E-state index contributed by atoms with van der Waals surface area (Å²) in [7, 11) is 2.23. The Morgan fingerprint density at radius 3 is 2.05 bits per heavy atom. The van der Waals surface area contributed by atoms with Crippen LogP contribution in [0.2, 0.25) is 0 Å². The number of likely N-dealkylation sites (tertiary alicyclic amines) is 1. The normalized spacial score (nSPS) is 24.9. The van der Waals surface area contributed by atoms with E-state index in [1.54, 1.807) is 0 Å². The summed E-state index contributed by atoms with van der Waals surface area (Å²) in [4.78, 5) is 7.73. The molecule has 2 fully saturated rings. The fourth-order valence-electron chi connectivity index (χ4n) is 3.12. The van der Waals surface area contributed by atoms with E-state index in [1.807, 2.05) is 0 Å². The minimum Gasteiger partial charge on any atom is -0.317 e. The first-order valence-electron chi connectivity index (χ1n) is 8.12. The van der Waals surface area contributed by atoms with E-state index in [1.165, 1.54) is 71.7 Å². The van der Waals surface area contributed by atoms with Crippen molar-refractivity contribution in [2.45, 2.75) is 19.8 Å². The van der Waals surface area contributed by atoms with Crippen LogP contribution in [-0.2, 0) is 0 Å². The summed E-state index contributed by atoms with van der Waals surface area (Å²) in [6.07, 6.45) is 2.77. The maximum atomic E-state index is 3.49. The summed E-state index contributed by atoms with van der Waals surface area (Å²) in [6, 6.07) is 0. The third-order valence-corrected chi connectivity index (χ3v) is 4.72. The number of hydrogen-bond donors (Lipinski definition) is 1. The van der Waals surface area contributed by atoms with Crippen LogP contribution in [0.3, 0.4) is 0 Å². The molecule has 2 heterocycles. The third-order valence-electron chi connectivity index (χ3n) is 4.72. The zero-order valence-corrected chi connectivity index (χ0v) is 12.9. The molecule has 0 aromatic heterocycles. The van der Waals surface area contributed by atoms with Crippen LogP contribution < -0.4 is 5.32 Å². The third kappa shape index (κ3) is 5.38. The van der Waals surface area contributed by atoms with Gasteiger partial charge in [0.1, 0.15) is 0 Å². The highest BCUT2D eigenvalue weighted by atomic mass is 15.3. The number of piperidine rings is 1. The molecule has 0 amide bonds.